The second-order valence-corrected chi connectivity index (χ2v) is 4.10. The molecule has 3 heteroatoms. The first-order valence-electron chi connectivity index (χ1n) is 3.70. The molecule has 0 fully saturated rings. The van der Waals surface area contributed by atoms with Crippen LogP contribution in [0.3, 0.4) is 0 Å². The number of benzene rings is 1. The normalized spacial score (nSPS) is 12.6. The zero-order chi connectivity index (χ0) is 8.97. The number of halogens is 2. The van der Waals surface area contributed by atoms with Gasteiger partial charge in [-0.3, -0.25) is 0 Å². The molecule has 0 aliphatic heterocycles. The fourth-order valence-corrected chi connectivity index (χ4v) is 1.17. The van der Waals surface area contributed by atoms with Crippen molar-refractivity contribution in [3.63, 3.8) is 0 Å². The highest BCUT2D eigenvalue weighted by atomic mass is 79.9. The molecule has 1 aromatic rings. The van der Waals surface area contributed by atoms with Crippen molar-refractivity contribution in [1.82, 2.24) is 0 Å². The molecule has 1 nitrogen and oxygen atoms in total. The molecule has 0 spiro atoms. The number of hydrogen-bond donors (Lipinski definition) is 0. The van der Waals surface area contributed by atoms with Crippen LogP contribution in [0, 0.1) is 0 Å². The van der Waals surface area contributed by atoms with E-state index in [9.17, 15) is 0 Å². The summed E-state index contributed by atoms with van der Waals surface area (Å²) in [7, 11) is 0. The molecule has 1 aromatic carbocycles. The van der Waals surface area contributed by atoms with Crippen molar-refractivity contribution in [3.05, 3.63) is 28.7 Å². The van der Waals surface area contributed by atoms with Crippen molar-refractivity contribution in [2.75, 3.05) is 5.33 Å². The van der Waals surface area contributed by atoms with E-state index in [-0.39, 0.29) is 6.10 Å². The highest BCUT2D eigenvalue weighted by molar-refractivity contribution is 9.10. The average molecular weight is 294 g/mol. The highest BCUT2D eigenvalue weighted by Gasteiger charge is 2.00. The summed E-state index contributed by atoms with van der Waals surface area (Å²) >= 11 is 6.72. The third-order valence-electron chi connectivity index (χ3n) is 1.37. The zero-order valence-corrected chi connectivity index (χ0v) is 9.93. The van der Waals surface area contributed by atoms with Gasteiger partial charge in [0.1, 0.15) is 11.9 Å². The molecule has 0 aliphatic rings. The maximum absolute atomic E-state index is 5.55. The minimum atomic E-state index is 0.214. The van der Waals surface area contributed by atoms with Crippen molar-refractivity contribution in [2.45, 2.75) is 13.0 Å². The molecule has 1 rings (SSSR count). The van der Waals surface area contributed by atoms with Crippen LogP contribution in [0.1, 0.15) is 6.92 Å². The monoisotopic (exact) mass is 292 g/mol. The van der Waals surface area contributed by atoms with Crippen LogP contribution >= 0.6 is 31.9 Å². The van der Waals surface area contributed by atoms with E-state index in [0.29, 0.717) is 0 Å². The van der Waals surface area contributed by atoms with Crippen molar-refractivity contribution < 1.29 is 4.74 Å². The van der Waals surface area contributed by atoms with Crippen molar-refractivity contribution in [3.8, 4) is 5.75 Å². The van der Waals surface area contributed by atoms with E-state index in [2.05, 4.69) is 31.9 Å². The maximum atomic E-state index is 5.55. The van der Waals surface area contributed by atoms with Gasteiger partial charge in [0.05, 0.1) is 0 Å². The van der Waals surface area contributed by atoms with E-state index in [1.54, 1.807) is 0 Å². The van der Waals surface area contributed by atoms with E-state index in [1.165, 1.54) is 0 Å². The Morgan fingerprint density at radius 2 is 1.92 bits per heavy atom. The van der Waals surface area contributed by atoms with Crippen molar-refractivity contribution in [1.29, 1.82) is 0 Å². The van der Waals surface area contributed by atoms with Gasteiger partial charge in [-0.05, 0) is 31.2 Å². The van der Waals surface area contributed by atoms with Crippen LogP contribution in [-0.4, -0.2) is 11.4 Å². The van der Waals surface area contributed by atoms with Gasteiger partial charge in [0.2, 0.25) is 0 Å². The van der Waals surface area contributed by atoms with E-state index < -0.39 is 0 Å². The van der Waals surface area contributed by atoms with Crippen LogP contribution in [0.4, 0.5) is 0 Å². The molecule has 66 valence electrons. The first kappa shape index (κ1) is 10.1. The molecule has 1 atom stereocenters. The van der Waals surface area contributed by atoms with E-state index >= 15 is 0 Å². The first-order valence-corrected chi connectivity index (χ1v) is 5.62. The molecule has 0 N–H and O–H groups in total. The molecule has 0 aromatic heterocycles. The Bertz CT molecular complexity index is 233. The molecule has 0 amide bonds. The average Bonchev–Trinajstić information content (AvgIpc) is 2.09. The second kappa shape index (κ2) is 4.87. The van der Waals surface area contributed by atoms with Crippen LogP contribution < -0.4 is 4.74 Å². The summed E-state index contributed by atoms with van der Waals surface area (Å²) in [6, 6.07) is 7.83. The summed E-state index contributed by atoms with van der Waals surface area (Å²) in [5.41, 5.74) is 0. The molecule has 0 heterocycles. The molecule has 12 heavy (non-hydrogen) atoms. The number of hydrogen-bond acceptors (Lipinski definition) is 1. The number of rotatable bonds is 3. The van der Waals surface area contributed by atoms with Crippen LogP contribution in [0.2, 0.25) is 0 Å². The standard InChI is InChI=1S/C9H10Br2O/c1-7(6-10)12-9-4-2-8(11)3-5-9/h2-5,7H,6H2,1H3. The number of ether oxygens (including phenoxy) is 1. The molecular weight excluding hydrogens is 284 g/mol. The third-order valence-corrected chi connectivity index (χ3v) is 2.81. The lowest BCUT2D eigenvalue weighted by atomic mass is 10.3. The fourth-order valence-electron chi connectivity index (χ4n) is 0.777. The Kier molecular flexibility index (Phi) is 4.09. The van der Waals surface area contributed by atoms with E-state index in [0.717, 1.165) is 15.6 Å². The Labute approximate surface area is 89.4 Å². The maximum Gasteiger partial charge on any atom is 0.119 e. The molecule has 0 aliphatic carbocycles. The lowest BCUT2D eigenvalue weighted by Gasteiger charge is -2.11. The predicted octanol–water partition coefficient (Wildman–Crippen LogP) is 3.61. The van der Waals surface area contributed by atoms with Gasteiger partial charge in [-0.2, -0.15) is 0 Å². The van der Waals surface area contributed by atoms with Crippen LogP contribution in [0.5, 0.6) is 5.75 Å². The van der Waals surface area contributed by atoms with Crippen molar-refractivity contribution in [2.24, 2.45) is 0 Å². The van der Waals surface area contributed by atoms with Gasteiger partial charge in [-0.25, -0.2) is 0 Å². The van der Waals surface area contributed by atoms with Gasteiger partial charge in [0.25, 0.3) is 0 Å². The largest absolute Gasteiger partial charge is 0.490 e. The van der Waals surface area contributed by atoms with E-state index in [4.69, 9.17) is 4.74 Å². The Morgan fingerprint density at radius 3 is 2.42 bits per heavy atom. The Morgan fingerprint density at radius 1 is 1.33 bits per heavy atom. The van der Waals surface area contributed by atoms with Gasteiger partial charge in [0.15, 0.2) is 0 Å². The first-order chi connectivity index (χ1) is 5.72. The SMILES string of the molecule is CC(CBr)Oc1ccc(Br)cc1. The molecular formula is C9H10Br2O. The zero-order valence-electron chi connectivity index (χ0n) is 6.76. The summed E-state index contributed by atoms with van der Waals surface area (Å²) in [4.78, 5) is 0. The summed E-state index contributed by atoms with van der Waals surface area (Å²) in [5.74, 6) is 0.908. The van der Waals surface area contributed by atoms with Crippen molar-refractivity contribution >= 4 is 31.9 Å². The van der Waals surface area contributed by atoms with Gasteiger partial charge >= 0.3 is 0 Å². The van der Waals surface area contributed by atoms with E-state index in [1.807, 2.05) is 31.2 Å². The molecule has 0 radical (unpaired) electrons. The molecule has 0 saturated carbocycles. The smallest absolute Gasteiger partial charge is 0.119 e. The van der Waals surface area contributed by atoms with Crippen LogP contribution in [0.25, 0.3) is 0 Å². The van der Waals surface area contributed by atoms with Gasteiger partial charge < -0.3 is 4.74 Å². The number of alkyl halides is 1. The quantitative estimate of drug-likeness (QED) is 0.774. The van der Waals surface area contributed by atoms with Gasteiger partial charge in [-0.1, -0.05) is 31.9 Å². The van der Waals surface area contributed by atoms with Crippen LogP contribution in [0.15, 0.2) is 28.7 Å². The summed E-state index contributed by atoms with van der Waals surface area (Å²) in [5, 5.41) is 0.850. The van der Waals surface area contributed by atoms with Gasteiger partial charge in [0, 0.05) is 9.80 Å². The molecule has 0 saturated heterocycles. The Balaban J connectivity index is 2.58. The lowest BCUT2D eigenvalue weighted by Crippen LogP contribution is -2.12. The Hall–Kier alpha value is -0.0200. The second-order valence-electron chi connectivity index (χ2n) is 2.54. The molecule has 1 unspecified atom stereocenters. The summed E-state index contributed by atoms with van der Waals surface area (Å²) < 4.78 is 6.62. The minimum absolute atomic E-state index is 0.214. The minimum Gasteiger partial charge on any atom is -0.490 e. The molecule has 0 bridgehead atoms. The summed E-state index contributed by atoms with van der Waals surface area (Å²) in [6.07, 6.45) is 0.214. The predicted molar refractivity (Wildman–Crippen MR) is 58.0 cm³/mol. The van der Waals surface area contributed by atoms with Gasteiger partial charge in [-0.15, -0.1) is 0 Å². The van der Waals surface area contributed by atoms with Crippen LogP contribution in [-0.2, 0) is 0 Å². The third kappa shape index (κ3) is 3.15. The topological polar surface area (TPSA) is 9.23 Å². The highest BCUT2D eigenvalue weighted by Crippen LogP contribution is 2.17. The fraction of sp³-hybridized carbons (Fsp3) is 0.333. The lowest BCUT2D eigenvalue weighted by molar-refractivity contribution is 0.248. The summed E-state index contributed by atoms with van der Waals surface area (Å²) in [6.45, 7) is 2.02.